The number of benzene rings is 5. The van der Waals surface area contributed by atoms with E-state index in [1.54, 1.807) is 105 Å². The number of carbonyl (C=O) groups is 3. The molecule has 8 nitrogen and oxygen atoms in total. The molecular formula is C38H31Cl2N3O5S. The summed E-state index contributed by atoms with van der Waals surface area (Å²) in [5.74, 6) is -0.193. The molecule has 0 heterocycles. The molecule has 0 spiro atoms. The third-order valence-electron chi connectivity index (χ3n) is 7.14. The Kier molecular flexibility index (Phi) is 12.0. The first kappa shape index (κ1) is 35.1. The predicted molar refractivity (Wildman–Crippen MR) is 197 cm³/mol. The maximum Gasteiger partial charge on any atom is 0.272 e. The zero-order valence-electron chi connectivity index (χ0n) is 26.4. The van der Waals surface area contributed by atoms with Gasteiger partial charge in [0.25, 0.3) is 11.8 Å². The second-order valence-corrected chi connectivity index (χ2v) is 12.5. The molecule has 0 saturated carbocycles. The normalized spacial score (nSPS) is 11.6. The maximum absolute atomic E-state index is 13.7. The summed E-state index contributed by atoms with van der Waals surface area (Å²) >= 11 is 13.9. The minimum atomic E-state index is -0.607. The van der Waals surface area contributed by atoms with Crippen LogP contribution in [0.5, 0.6) is 11.5 Å². The molecule has 0 aliphatic heterocycles. The Bertz CT molecular complexity index is 1950. The number of thioether (sulfide) groups is 1. The average molecular weight is 713 g/mol. The van der Waals surface area contributed by atoms with Crippen LogP contribution in [0.2, 0.25) is 10.0 Å². The van der Waals surface area contributed by atoms with Crippen molar-refractivity contribution >= 4 is 70.1 Å². The van der Waals surface area contributed by atoms with E-state index in [0.29, 0.717) is 39.0 Å². The number of hydrogen-bond acceptors (Lipinski definition) is 6. The molecule has 1 atom stereocenters. The Morgan fingerprint density at radius 1 is 0.714 bits per heavy atom. The highest BCUT2D eigenvalue weighted by molar-refractivity contribution is 8.00. The molecule has 3 amide bonds. The molecule has 1 unspecified atom stereocenters. The molecule has 0 fully saturated rings. The second kappa shape index (κ2) is 16.7. The standard InChI is InChI=1S/C38H31Cl2N3O5S/c1-47-29-21-28(22-30(23-29)48-2)42-38(46)35(24-10-5-3-6-11-24)49-31-18-16-27(17-19-31)41-37(45)33(20-26-14-9-15-32(39)34(26)40)43-36(44)25-12-7-4-8-13-25/h3-23,35H,1-2H3,(H,41,45)(H,42,46)(H,43,44)/b33-20-. The summed E-state index contributed by atoms with van der Waals surface area (Å²) in [7, 11) is 3.09. The third-order valence-corrected chi connectivity index (χ3v) is 9.24. The lowest BCUT2D eigenvalue weighted by molar-refractivity contribution is -0.116. The minimum Gasteiger partial charge on any atom is -0.497 e. The summed E-state index contributed by atoms with van der Waals surface area (Å²) < 4.78 is 10.7. The van der Waals surface area contributed by atoms with Crippen LogP contribution in [0.4, 0.5) is 11.4 Å². The van der Waals surface area contributed by atoms with E-state index < -0.39 is 17.1 Å². The number of carbonyl (C=O) groups excluding carboxylic acids is 3. The number of rotatable bonds is 12. The van der Waals surface area contributed by atoms with E-state index in [0.717, 1.165) is 10.5 Å². The molecule has 0 radical (unpaired) electrons. The molecule has 11 heteroatoms. The van der Waals surface area contributed by atoms with Gasteiger partial charge in [-0.15, -0.1) is 11.8 Å². The molecule has 5 aromatic carbocycles. The summed E-state index contributed by atoms with van der Waals surface area (Å²) in [6, 6.07) is 35.2. The summed E-state index contributed by atoms with van der Waals surface area (Å²) in [5, 5.41) is 8.45. The molecule has 248 valence electrons. The molecule has 5 rings (SSSR count). The van der Waals surface area contributed by atoms with Crippen LogP contribution >= 0.6 is 35.0 Å². The fourth-order valence-electron chi connectivity index (χ4n) is 4.67. The molecular weight excluding hydrogens is 681 g/mol. The highest BCUT2D eigenvalue weighted by Crippen LogP contribution is 2.37. The van der Waals surface area contributed by atoms with Crippen molar-refractivity contribution in [2.45, 2.75) is 10.1 Å². The van der Waals surface area contributed by atoms with Crippen LogP contribution in [0.3, 0.4) is 0 Å². The van der Waals surface area contributed by atoms with Crippen molar-refractivity contribution in [2.75, 3.05) is 24.9 Å². The molecule has 49 heavy (non-hydrogen) atoms. The van der Waals surface area contributed by atoms with Gasteiger partial charge >= 0.3 is 0 Å². The van der Waals surface area contributed by atoms with Gasteiger partial charge in [-0.3, -0.25) is 14.4 Å². The number of ether oxygens (including phenoxy) is 2. The van der Waals surface area contributed by atoms with Gasteiger partial charge in [-0.05, 0) is 59.7 Å². The molecule has 0 bridgehead atoms. The SMILES string of the molecule is COc1cc(NC(=O)C(Sc2ccc(NC(=O)/C(=C/c3cccc(Cl)c3Cl)NC(=O)c3ccccc3)cc2)c2ccccc2)cc(OC)c1. The Labute approximate surface area is 298 Å². The van der Waals surface area contributed by atoms with Crippen LogP contribution in [-0.4, -0.2) is 31.9 Å². The molecule has 0 aliphatic carbocycles. The van der Waals surface area contributed by atoms with Gasteiger partial charge in [0, 0.05) is 40.0 Å². The summed E-state index contributed by atoms with van der Waals surface area (Å²) in [6.45, 7) is 0. The zero-order valence-corrected chi connectivity index (χ0v) is 28.7. The fraction of sp³-hybridized carbons (Fsp3) is 0.0789. The summed E-state index contributed by atoms with van der Waals surface area (Å²) in [4.78, 5) is 41.0. The lowest BCUT2D eigenvalue weighted by Gasteiger charge is -2.18. The smallest absolute Gasteiger partial charge is 0.272 e. The lowest BCUT2D eigenvalue weighted by atomic mass is 10.1. The first-order valence-electron chi connectivity index (χ1n) is 14.9. The zero-order chi connectivity index (χ0) is 34.8. The summed E-state index contributed by atoms with van der Waals surface area (Å²) in [5.41, 5.74) is 2.60. The van der Waals surface area contributed by atoms with Crippen LogP contribution in [0.1, 0.15) is 26.7 Å². The average Bonchev–Trinajstić information content (AvgIpc) is 3.13. The molecule has 0 saturated heterocycles. The van der Waals surface area contributed by atoms with Gasteiger partial charge in [0.2, 0.25) is 5.91 Å². The second-order valence-electron chi connectivity index (χ2n) is 10.5. The van der Waals surface area contributed by atoms with E-state index in [1.165, 1.54) is 17.8 Å². The predicted octanol–water partition coefficient (Wildman–Crippen LogP) is 8.89. The Morgan fingerprint density at radius 3 is 1.98 bits per heavy atom. The van der Waals surface area contributed by atoms with Crippen molar-refractivity contribution in [3.05, 3.63) is 154 Å². The van der Waals surface area contributed by atoms with E-state index >= 15 is 0 Å². The Morgan fingerprint density at radius 2 is 1.35 bits per heavy atom. The number of anilines is 2. The van der Waals surface area contributed by atoms with E-state index in [9.17, 15) is 14.4 Å². The molecule has 0 aromatic heterocycles. The van der Waals surface area contributed by atoms with Crippen molar-refractivity contribution in [3.8, 4) is 11.5 Å². The number of nitrogens with one attached hydrogen (secondary N) is 3. The van der Waals surface area contributed by atoms with Crippen molar-refractivity contribution in [1.82, 2.24) is 5.32 Å². The van der Waals surface area contributed by atoms with Gasteiger partial charge in [0.1, 0.15) is 22.4 Å². The minimum absolute atomic E-state index is 0.0357. The first-order valence-corrected chi connectivity index (χ1v) is 16.6. The van der Waals surface area contributed by atoms with Crippen LogP contribution in [-0.2, 0) is 9.59 Å². The quantitative estimate of drug-likeness (QED) is 0.0882. The fourth-order valence-corrected chi connectivity index (χ4v) is 6.06. The number of hydrogen-bond donors (Lipinski definition) is 3. The van der Waals surface area contributed by atoms with Crippen molar-refractivity contribution < 1.29 is 23.9 Å². The maximum atomic E-state index is 13.7. The van der Waals surface area contributed by atoms with E-state index in [-0.39, 0.29) is 16.6 Å². The molecule has 0 aliphatic rings. The van der Waals surface area contributed by atoms with Gasteiger partial charge in [-0.1, -0.05) is 83.9 Å². The van der Waals surface area contributed by atoms with Crippen LogP contribution in [0, 0.1) is 0 Å². The largest absolute Gasteiger partial charge is 0.497 e. The van der Waals surface area contributed by atoms with Gasteiger partial charge < -0.3 is 25.4 Å². The monoisotopic (exact) mass is 711 g/mol. The molecule has 5 aromatic rings. The Hall–Kier alpha value is -5.22. The summed E-state index contributed by atoms with van der Waals surface area (Å²) in [6.07, 6.45) is 1.47. The first-order chi connectivity index (χ1) is 23.7. The van der Waals surface area contributed by atoms with Crippen molar-refractivity contribution in [1.29, 1.82) is 0 Å². The Balaban J connectivity index is 1.35. The topological polar surface area (TPSA) is 106 Å². The van der Waals surface area contributed by atoms with E-state index in [4.69, 9.17) is 32.7 Å². The van der Waals surface area contributed by atoms with Gasteiger partial charge in [-0.2, -0.15) is 0 Å². The number of amides is 3. The lowest BCUT2D eigenvalue weighted by Crippen LogP contribution is -2.30. The number of methoxy groups -OCH3 is 2. The van der Waals surface area contributed by atoms with Crippen LogP contribution < -0.4 is 25.4 Å². The van der Waals surface area contributed by atoms with Gasteiger partial charge in [0.05, 0.1) is 24.3 Å². The van der Waals surface area contributed by atoms with Crippen LogP contribution in [0.15, 0.2) is 132 Å². The van der Waals surface area contributed by atoms with Crippen molar-refractivity contribution in [2.24, 2.45) is 0 Å². The van der Waals surface area contributed by atoms with E-state index in [2.05, 4.69) is 16.0 Å². The van der Waals surface area contributed by atoms with E-state index in [1.807, 2.05) is 30.3 Å². The number of halogens is 2. The van der Waals surface area contributed by atoms with Crippen molar-refractivity contribution in [3.63, 3.8) is 0 Å². The highest BCUT2D eigenvalue weighted by Gasteiger charge is 2.23. The van der Waals surface area contributed by atoms with Crippen LogP contribution in [0.25, 0.3) is 6.08 Å². The third kappa shape index (κ3) is 9.45. The highest BCUT2D eigenvalue weighted by atomic mass is 35.5. The van der Waals surface area contributed by atoms with Gasteiger partial charge in [0.15, 0.2) is 0 Å². The van der Waals surface area contributed by atoms with Gasteiger partial charge in [-0.25, -0.2) is 0 Å². The molecule has 3 N–H and O–H groups in total.